The largest absolute Gasteiger partial charge is 0.468 e. The summed E-state index contributed by atoms with van der Waals surface area (Å²) in [6.07, 6.45) is 8.51. The maximum atomic E-state index is 12.8. The highest BCUT2D eigenvalue weighted by Gasteiger charge is 2.32. The number of hydrogen-bond donors (Lipinski definition) is 2. The van der Waals surface area contributed by atoms with Crippen molar-refractivity contribution >= 4 is 11.9 Å². The quantitative estimate of drug-likeness (QED) is 0.502. The van der Waals surface area contributed by atoms with Gasteiger partial charge in [-0.15, -0.1) is 0 Å². The first-order valence-electron chi connectivity index (χ1n) is 11.7. The molecule has 2 fully saturated rings. The van der Waals surface area contributed by atoms with Gasteiger partial charge in [0.05, 0.1) is 12.3 Å². The van der Waals surface area contributed by atoms with Gasteiger partial charge in [0, 0.05) is 38.6 Å². The number of hydrogen-bond acceptors (Lipinski definition) is 4. The lowest BCUT2D eigenvalue weighted by atomic mass is 9.88. The van der Waals surface area contributed by atoms with E-state index in [1.54, 1.807) is 13.3 Å². The van der Waals surface area contributed by atoms with Gasteiger partial charge in [-0.05, 0) is 44.5 Å². The minimum Gasteiger partial charge on any atom is -0.468 e. The first-order chi connectivity index (χ1) is 14.7. The van der Waals surface area contributed by atoms with Crippen molar-refractivity contribution < 1.29 is 9.21 Å². The third kappa shape index (κ3) is 5.78. The maximum absolute atomic E-state index is 12.8. The number of nitrogens with one attached hydrogen (secondary N) is 2. The number of likely N-dealkylation sites (N-methyl/N-ethyl adjacent to an activating group) is 1. The molecule has 1 amide bonds. The van der Waals surface area contributed by atoms with E-state index >= 15 is 0 Å². The molecule has 0 spiro atoms. The van der Waals surface area contributed by atoms with Crippen molar-refractivity contribution in [1.82, 2.24) is 20.4 Å². The Morgan fingerprint density at radius 1 is 1.27 bits per heavy atom. The molecule has 1 aliphatic carbocycles. The number of carbonyl (C=O) groups excluding carboxylic acids is 1. The second kappa shape index (κ2) is 11.4. The van der Waals surface area contributed by atoms with E-state index in [0.29, 0.717) is 12.5 Å². The van der Waals surface area contributed by atoms with Crippen LogP contribution in [0.3, 0.4) is 0 Å². The zero-order valence-corrected chi connectivity index (χ0v) is 18.9. The van der Waals surface area contributed by atoms with Crippen LogP contribution < -0.4 is 10.6 Å². The lowest BCUT2D eigenvalue weighted by Crippen LogP contribution is -2.48. The molecule has 2 atom stereocenters. The molecule has 168 valence electrons. The van der Waals surface area contributed by atoms with Gasteiger partial charge in [-0.3, -0.25) is 14.7 Å². The Morgan fingerprint density at radius 3 is 2.67 bits per heavy atom. The van der Waals surface area contributed by atoms with E-state index < -0.39 is 0 Å². The molecule has 2 heterocycles. The first kappa shape index (κ1) is 22.7. The molecule has 0 bridgehead atoms. The van der Waals surface area contributed by atoms with E-state index in [0.717, 1.165) is 57.2 Å². The van der Waals surface area contributed by atoms with Crippen LogP contribution in [0.2, 0.25) is 0 Å². The van der Waals surface area contributed by atoms with Gasteiger partial charge in [0.1, 0.15) is 5.76 Å². The zero-order valence-electron chi connectivity index (χ0n) is 18.9. The van der Waals surface area contributed by atoms with Gasteiger partial charge < -0.3 is 20.0 Å². The van der Waals surface area contributed by atoms with Gasteiger partial charge in [0.25, 0.3) is 0 Å². The number of guanidine groups is 1. The number of likely N-dealkylation sites (tertiary alicyclic amines) is 1. The van der Waals surface area contributed by atoms with Crippen LogP contribution in [0, 0.1) is 5.92 Å². The molecule has 2 aliphatic rings. The number of furan rings is 1. The smallest absolute Gasteiger partial charge is 0.225 e. The Kier molecular flexibility index (Phi) is 8.61. The number of amides is 1. The summed E-state index contributed by atoms with van der Waals surface area (Å²) >= 11 is 0. The summed E-state index contributed by atoms with van der Waals surface area (Å²) in [7, 11) is 1.80. The van der Waals surface area contributed by atoms with Crippen LogP contribution in [-0.4, -0.2) is 67.5 Å². The van der Waals surface area contributed by atoms with Crippen LogP contribution in [0.1, 0.15) is 64.2 Å². The molecule has 0 radical (unpaired) electrons. The summed E-state index contributed by atoms with van der Waals surface area (Å²) in [5, 5.41) is 7.00. The molecule has 1 aromatic heterocycles. The van der Waals surface area contributed by atoms with Crippen molar-refractivity contribution in [2.45, 2.75) is 64.5 Å². The SMILES string of the molecule is CCN(CC)C(CNC(=NC)NC1CCN(C(=O)C2CCCCC2)C1)c1ccco1. The van der Waals surface area contributed by atoms with Gasteiger partial charge >= 0.3 is 0 Å². The van der Waals surface area contributed by atoms with Gasteiger partial charge in [0.15, 0.2) is 5.96 Å². The van der Waals surface area contributed by atoms with Crippen LogP contribution in [-0.2, 0) is 4.79 Å². The molecule has 7 nitrogen and oxygen atoms in total. The highest BCUT2D eigenvalue weighted by atomic mass is 16.3. The van der Waals surface area contributed by atoms with Gasteiger partial charge in [-0.25, -0.2) is 0 Å². The summed E-state index contributed by atoms with van der Waals surface area (Å²) < 4.78 is 5.69. The van der Waals surface area contributed by atoms with Crippen LogP contribution in [0.5, 0.6) is 0 Å². The molecular weight excluding hydrogens is 378 g/mol. The normalized spacial score (nSPS) is 21.8. The average Bonchev–Trinajstić information content (AvgIpc) is 3.48. The number of nitrogens with zero attached hydrogens (tertiary/aromatic N) is 3. The van der Waals surface area contributed by atoms with Crippen molar-refractivity contribution in [2.24, 2.45) is 10.9 Å². The molecule has 1 saturated heterocycles. The number of carbonyl (C=O) groups is 1. The first-order valence-corrected chi connectivity index (χ1v) is 11.7. The Labute approximate surface area is 181 Å². The molecule has 1 aliphatic heterocycles. The van der Waals surface area contributed by atoms with E-state index in [9.17, 15) is 4.79 Å². The summed E-state index contributed by atoms with van der Waals surface area (Å²) in [5.74, 6) is 2.36. The van der Waals surface area contributed by atoms with Crippen molar-refractivity contribution in [3.63, 3.8) is 0 Å². The van der Waals surface area contributed by atoms with Crippen LogP contribution in [0.15, 0.2) is 27.8 Å². The Morgan fingerprint density at radius 2 is 2.03 bits per heavy atom. The van der Waals surface area contributed by atoms with Gasteiger partial charge in [-0.2, -0.15) is 0 Å². The summed E-state index contributed by atoms with van der Waals surface area (Å²) in [5.41, 5.74) is 0. The molecule has 30 heavy (non-hydrogen) atoms. The summed E-state index contributed by atoms with van der Waals surface area (Å²) in [4.78, 5) is 21.7. The van der Waals surface area contributed by atoms with Gasteiger partial charge in [0.2, 0.25) is 5.91 Å². The molecule has 2 unspecified atom stereocenters. The summed E-state index contributed by atoms with van der Waals surface area (Å²) in [6.45, 7) is 8.58. The highest BCUT2D eigenvalue weighted by molar-refractivity contribution is 5.81. The molecule has 1 saturated carbocycles. The van der Waals surface area contributed by atoms with E-state index in [4.69, 9.17) is 4.42 Å². The minimum absolute atomic E-state index is 0.154. The average molecular weight is 418 g/mol. The second-order valence-electron chi connectivity index (χ2n) is 8.45. The number of rotatable bonds is 8. The molecule has 7 heteroatoms. The maximum Gasteiger partial charge on any atom is 0.225 e. The third-order valence-corrected chi connectivity index (χ3v) is 6.61. The van der Waals surface area contributed by atoms with Crippen molar-refractivity contribution in [3.05, 3.63) is 24.2 Å². The predicted octanol–water partition coefficient (Wildman–Crippen LogP) is 3.01. The second-order valence-corrected chi connectivity index (χ2v) is 8.45. The fourth-order valence-electron chi connectivity index (χ4n) is 4.82. The molecule has 1 aromatic rings. The van der Waals surface area contributed by atoms with Gasteiger partial charge in [-0.1, -0.05) is 33.1 Å². The molecular formula is C23H39N5O2. The Hall–Kier alpha value is -2.02. The fourth-order valence-corrected chi connectivity index (χ4v) is 4.82. The highest BCUT2D eigenvalue weighted by Crippen LogP contribution is 2.27. The standard InChI is InChI=1S/C23H39N5O2/c1-4-27(5-2)20(21-12-9-15-30-21)16-25-23(24-3)26-19-13-14-28(17-19)22(29)18-10-7-6-8-11-18/h9,12,15,18-20H,4-8,10-11,13-14,16-17H2,1-3H3,(H2,24,25,26). The fraction of sp³-hybridized carbons (Fsp3) is 0.739. The molecule has 2 N–H and O–H groups in total. The van der Waals surface area contributed by atoms with E-state index in [1.165, 1.54) is 19.3 Å². The number of aliphatic imine (C=N–C) groups is 1. The summed E-state index contributed by atoms with van der Waals surface area (Å²) in [6, 6.07) is 4.38. The minimum atomic E-state index is 0.154. The van der Waals surface area contributed by atoms with E-state index in [-0.39, 0.29) is 18.0 Å². The van der Waals surface area contributed by atoms with Crippen LogP contribution in [0.4, 0.5) is 0 Å². The zero-order chi connectivity index (χ0) is 21.3. The molecule has 0 aromatic carbocycles. The third-order valence-electron chi connectivity index (χ3n) is 6.61. The van der Waals surface area contributed by atoms with Crippen LogP contribution in [0.25, 0.3) is 0 Å². The van der Waals surface area contributed by atoms with Crippen molar-refractivity contribution in [3.8, 4) is 0 Å². The van der Waals surface area contributed by atoms with E-state index in [1.807, 2.05) is 12.1 Å². The lowest BCUT2D eigenvalue weighted by Gasteiger charge is -2.29. The molecule has 3 rings (SSSR count). The Balaban J connectivity index is 1.51. The van der Waals surface area contributed by atoms with Crippen molar-refractivity contribution in [1.29, 1.82) is 0 Å². The van der Waals surface area contributed by atoms with Crippen molar-refractivity contribution in [2.75, 3.05) is 39.8 Å². The Bertz CT molecular complexity index is 665. The predicted molar refractivity (Wildman–Crippen MR) is 120 cm³/mol. The monoisotopic (exact) mass is 417 g/mol. The van der Waals surface area contributed by atoms with E-state index in [2.05, 4.69) is 39.3 Å². The lowest BCUT2D eigenvalue weighted by molar-refractivity contribution is -0.135. The van der Waals surface area contributed by atoms with Crippen LogP contribution >= 0.6 is 0 Å². The topological polar surface area (TPSA) is 73.1 Å².